The monoisotopic (exact) mass is 390 g/mol. The van der Waals surface area contributed by atoms with Crippen LogP contribution in [0.25, 0.3) is 11.0 Å². The van der Waals surface area contributed by atoms with E-state index in [0.29, 0.717) is 23.3 Å². The van der Waals surface area contributed by atoms with Gasteiger partial charge < -0.3 is 9.64 Å². The van der Waals surface area contributed by atoms with E-state index >= 15 is 0 Å². The summed E-state index contributed by atoms with van der Waals surface area (Å²) in [6.07, 6.45) is 3.23. The summed E-state index contributed by atoms with van der Waals surface area (Å²) in [6, 6.07) is 4.54. The van der Waals surface area contributed by atoms with Gasteiger partial charge in [0.1, 0.15) is 10.6 Å². The molecule has 1 aliphatic rings. The molecule has 1 aliphatic heterocycles. The fourth-order valence-electron chi connectivity index (χ4n) is 2.92. The van der Waals surface area contributed by atoms with Crippen molar-refractivity contribution >= 4 is 34.6 Å². The normalized spacial score (nSPS) is 17.3. The second-order valence-corrected chi connectivity index (χ2v) is 8.46. The Labute approximate surface area is 161 Å². The van der Waals surface area contributed by atoms with Gasteiger partial charge in [-0.15, -0.1) is 11.8 Å². The molecule has 0 N–H and O–H groups in total. The van der Waals surface area contributed by atoms with E-state index < -0.39 is 10.5 Å². The number of thioether (sulfide) groups is 1. The quantitative estimate of drug-likeness (QED) is 0.441. The zero-order valence-corrected chi connectivity index (χ0v) is 16.4. The van der Waals surface area contributed by atoms with Gasteiger partial charge in [0.05, 0.1) is 22.2 Å². The van der Waals surface area contributed by atoms with Crippen LogP contribution in [-0.2, 0) is 4.74 Å². The molecule has 1 aromatic heterocycles. The van der Waals surface area contributed by atoms with E-state index in [1.165, 1.54) is 23.9 Å². The number of carbonyl (C=O) groups excluding carboxylic acids is 1. The number of likely N-dealkylation sites (tertiary alicyclic amines) is 1. The molecule has 1 unspecified atom stereocenters. The average Bonchev–Trinajstić information content (AvgIpc) is 3.06. The summed E-state index contributed by atoms with van der Waals surface area (Å²) < 4.78 is 5.49. The smallest absolute Gasteiger partial charge is 0.410 e. The van der Waals surface area contributed by atoms with Crippen molar-refractivity contribution in [2.24, 2.45) is 0 Å². The highest BCUT2D eigenvalue weighted by atomic mass is 32.2. The zero-order chi connectivity index (χ0) is 19.6. The minimum absolute atomic E-state index is 0.00355. The first-order chi connectivity index (χ1) is 12.7. The largest absolute Gasteiger partial charge is 0.444 e. The first-order valence-corrected chi connectivity index (χ1v) is 9.75. The molecular formula is C18H22N4O4S. The van der Waals surface area contributed by atoms with Gasteiger partial charge in [0.25, 0.3) is 5.69 Å². The first kappa shape index (κ1) is 19.3. The van der Waals surface area contributed by atoms with Crippen LogP contribution in [0.3, 0.4) is 0 Å². The topological polar surface area (TPSA) is 98.5 Å². The van der Waals surface area contributed by atoms with Crippen molar-refractivity contribution in [3.05, 3.63) is 34.5 Å². The molecule has 1 atom stereocenters. The number of nitro benzene ring substituents is 1. The molecule has 0 spiro atoms. The maximum absolute atomic E-state index is 12.4. The number of hydrogen-bond acceptors (Lipinski definition) is 7. The fraction of sp³-hybridized carbons (Fsp3) is 0.500. The van der Waals surface area contributed by atoms with E-state index in [2.05, 4.69) is 9.97 Å². The van der Waals surface area contributed by atoms with Crippen molar-refractivity contribution in [2.45, 2.75) is 50.3 Å². The van der Waals surface area contributed by atoms with E-state index in [-0.39, 0.29) is 17.8 Å². The van der Waals surface area contributed by atoms with Crippen LogP contribution in [0.5, 0.6) is 0 Å². The number of nitro groups is 1. The van der Waals surface area contributed by atoms with E-state index in [0.717, 1.165) is 17.9 Å². The van der Waals surface area contributed by atoms with Gasteiger partial charge in [0, 0.05) is 30.5 Å². The molecule has 0 aliphatic carbocycles. The molecule has 0 radical (unpaired) electrons. The lowest BCUT2D eigenvalue weighted by molar-refractivity contribution is -0.384. The Morgan fingerprint density at radius 1 is 1.41 bits per heavy atom. The number of rotatable bonds is 4. The highest BCUT2D eigenvalue weighted by Gasteiger charge is 2.32. The van der Waals surface area contributed by atoms with Crippen molar-refractivity contribution in [3.8, 4) is 0 Å². The summed E-state index contributed by atoms with van der Waals surface area (Å²) in [7, 11) is 0. The van der Waals surface area contributed by atoms with Crippen LogP contribution in [0.2, 0.25) is 0 Å². The third-order valence-electron chi connectivity index (χ3n) is 4.14. The minimum atomic E-state index is -0.510. The van der Waals surface area contributed by atoms with Crippen LogP contribution in [0.4, 0.5) is 10.5 Å². The third kappa shape index (κ3) is 4.85. The average molecular weight is 390 g/mol. The van der Waals surface area contributed by atoms with Gasteiger partial charge in [-0.2, -0.15) is 0 Å². The van der Waals surface area contributed by atoms with Crippen LogP contribution < -0.4 is 0 Å². The number of nitrogens with zero attached hydrogens (tertiary/aromatic N) is 4. The molecule has 27 heavy (non-hydrogen) atoms. The summed E-state index contributed by atoms with van der Waals surface area (Å²) in [4.78, 5) is 33.3. The highest BCUT2D eigenvalue weighted by Crippen LogP contribution is 2.27. The lowest BCUT2D eigenvalue weighted by Crippen LogP contribution is -2.40. The number of non-ortho nitro benzene ring substituents is 1. The number of amides is 1. The van der Waals surface area contributed by atoms with E-state index in [1.54, 1.807) is 17.2 Å². The lowest BCUT2D eigenvalue weighted by Gasteiger charge is -2.28. The van der Waals surface area contributed by atoms with Crippen LogP contribution in [-0.4, -0.2) is 49.8 Å². The molecular weight excluding hydrogens is 368 g/mol. The molecule has 3 rings (SSSR count). The van der Waals surface area contributed by atoms with Gasteiger partial charge in [-0.3, -0.25) is 15.1 Å². The summed E-state index contributed by atoms with van der Waals surface area (Å²) in [6.45, 7) is 6.28. The maximum atomic E-state index is 12.4. The number of aromatic nitrogens is 2. The molecule has 1 aromatic carbocycles. The molecule has 1 amide bonds. The zero-order valence-electron chi connectivity index (χ0n) is 15.5. The Morgan fingerprint density at radius 3 is 2.89 bits per heavy atom. The van der Waals surface area contributed by atoms with Crippen molar-refractivity contribution in [1.29, 1.82) is 0 Å². The van der Waals surface area contributed by atoms with Gasteiger partial charge in [-0.1, -0.05) is 0 Å². The predicted molar refractivity (Wildman–Crippen MR) is 103 cm³/mol. The van der Waals surface area contributed by atoms with Gasteiger partial charge in [0.2, 0.25) is 0 Å². The number of carbonyl (C=O) groups is 1. The van der Waals surface area contributed by atoms with Crippen molar-refractivity contribution in [3.63, 3.8) is 0 Å². The molecule has 8 nitrogen and oxygen atoms in total. The molecule has 9 heteroatoms. The Balaban J connectivity index is 1.66. The molecule has 2 aromatic rings. The van der Waals surface area contributed by atoms with E-state index in [4.69, 9.17) is 4.74 Å². The summed E-state index contributed by atoms with van der Waals surface area (Å²) in [5.74, 6) is 0.701. The van der Waals surface area contributed by atoms with Gasteiger partial charge in [0.15, 0.2) is 0 Å². The fourth-order valence-corrected chi connectivity index (χ4v) is 3.92. The number of hydrogen-bond donors (Lipinski definition) is 0. The van der Waals surface area contributed by atoms with E-state index in [1.807, 2.05) is 20.8 Å². The minimum Gasteiger partial charge on any atom is -0.444 e. The molecule has 1 saturated heterocycles. The number of ether oxygens (including phenoxy) is 1. The Kier molecular flexibility index (Phi) is 5.50. The first-order valence-electron chi connectivity index (χ1n) is 8.76. The standard InChI is InChI=1S/C18H22N4O4S/c1-18(2,3)26-17(23)21-8-4-5-13(21)11-27-16-10-19-15-9-12(22(24)25)6-7-14(15)20-16/h6-7,9-10,13H,4-5,8,11H2,1-3H3. The SMILES string of the molecule is CC(C)(C)OC(=O)N1CCCC1CSc1cnc2cc([N+](=O)[O-])ccc2n1. The van der Waals surface area contributed by atoms with Crippen LogP contribution >= 0.6 is 11.8 Å². The molecule has 0 bridgehead atoms. The summed E-state index contributed by atoms with van der Waals surface area (Å²) in [5.41, 5.74) is 0.589. The van der Waals surface area contributed by atoms with Gasteiger partial charge >= 0.3 is 6.09 Å². The van der Waals surface area contributed by atoms with Crippen molar-refractivity contribution in [2.75, 3.05) is 12.3 Å². The van der Waals surface area contributed by atoms with Crippen LogP contribution in [0, 0.1) is 10.1 Å². The van der Waals surface area contributed by atoms with Crippen LogP contribution in [0.15, 0.2) is 29.4 Å². The second-order valence-electron chi connectivity index (χ2n) is 7.42. The summed E-state index contributed by atoms with van der Waals surface area (Å²) >= 11 is 1.53. The number of fused-ring (bicyclic) bond motifs is 1. The third-order valence-corrected chi connectivity index (χ3v) is 5.19. The van der Waals surface area contributed by atoms with Gasteiger partial charge in [-0.05, 0) is 39.7 Å². The van der Waals surface area contributed by atoms with Crippen molar-refractivity contribution in [1.82, 2.24) is 14.9 Å². The van der Waals surface area contributed by atoms with Gasteiger partial charge in [-0.25, -0.2) is 9.78 Å². The molecule has 144 valence electrons. The van der Waals surface area contributed by atoms with Crippen LogP contribution in [0.1, 0.15) is 33.6 Å². The lowest BCUT2D eigenvalue weighted by atomic mass is 10.2. The Morgan fingerprint density at radius 2 is 2.19 bits per heavy atom. The predicted octanol–water partition coefficient (Wildman–Crippen LogP) is 4.03. The van der Waals surface area contributed by atoms with E-state index in [9.17, 15) is 14.9 Å². The molecule has 0 saturated carbocycles. The second kappa shape index (κ2) is 7.67. The maximum Gasteiger partial charge on any atom is 0.410 e. The van der Waals surface area contributed by atoms with Crippen molar-refractivity contribution < 1.29 is 14.5 Å². The molecule has 2 heterocycles. The molecule has 1 fully saturated rings. The Hall–Kier alpha value is -2.42. The summed E-state index contributed by atoms with van der Waals surface area (Å²) in [5, 5.41) is 11.6. The number of benzene rings is 1. The Bertz CT molecular complexity index is 868. The highest BCUT2D eigenvalue weighted by molar-refractivity contribution is 7.99.